The molecule has 2 heterocycles. The second-order valence-electron chi connectivity index (χ2n) is 7.50. The Morgan fingerprint density at radius 1 is 0.533 bits per heavy atom. The van der Waals surface area contributed by atoms with Crippen molar-refractivity contribution in [2.24, 2.45) is 0 Å². The minimum absolute atomic E-state index is 0.893. The Kier molecular flexibility index (Phi) is 4.56. The van der Waals surface area contributed by atoms with Crippen molar-refractivity contribution in [2.45, 2.75) is 13.8 Å². The summed E-state index contributed by atoms with van der Waals surface area (Å²) in [6.45, 7) is 4.23. The third-order valence-corrected chi connectivity index (χ3v) is 5.45. The average molecular weight is 387 g/mol. The van der Waals surface area contributed by atoms with Gasteiger partial charge in [-0.3, -0.25) is 4.98 Å². The SMILES string of the molecule is Cc1cc2nc(-c3ccccc3)c(-c3ccc(-c4ccccn4)cc3)nc2cc1C. The molecule has 0 bridgehead atoms. The number of hydrogen-bond acceptors (Lipinski definition) is 3. The molecule has 0 aliphatic rings. The predicted molar refractivity (Wildman–Crippen MR) is 123 cm³/mol. The van der Waals surface area contributed by atoms with Crippen LogP contribution in [0.4, 0.5) is 0 Å². The quantitative estimate of drug-likeness (QED) is 0.348. The molecule has 5 rings (SSSR count). The molecule has 0 saturated heterocycles. The maximum Gasteiger partial charge on any atom is 0.0973 e. The molecular weight excluding hydrogens is 366 g/mol. The van der Waals surface area contributed by atoms with Crippen molar-refractivity contribution < 1.29 is 0 Å². The summed E-state index contributed by atoms with van der Waals surface area (Å²) in [5.74, 6) is 0. The van der Waals surface area contributed by atoms with E-state index >= 15 is 0 Å². The third-order valence-electron chi connectivity index (χ3n) is 5.45. The van der Waals surface area contributed by atoms with Gasteiger partial charge in [-0.2, -0.15) is 0 Å². The molecule has 0 amide bonds. The molecule has 0 spiro atoms. The molecule has 0 aliphatic carbocycles. The van der Waals surface area contributed by atoms with E-state index in [1.54, 1.807) is 0 Å². The fraction of sp³-hybridized carbons (Fsp3) is 0.0741. The smallest absolute Gasteiger partial charge is 0.0973 e. The largest absolute Gasteiger partial charge is 0.256 e. The third kappa shape index (κ3) is 3.35. The fourth-order valence-corrected chi connectivity index (χ4v) is 3.64. The summed E-state index contributed by atoms with van der Waals surface area (Å²) in [6.07, 6.45) is 1.82. The van der Waals surface area contributed by atoms with E-state index in [4.69, 9.17) is 9.97 Å². The molecule has 2 aromatic heterocycles. The molecule has 0 radical (unpaired) electrons. The molecular formula is C27H21N3. The maximum atomic E-state index is 5.05. The van der Waals surface area contributed by atoms with Crippen LogP contribution in [0.5, 0.6) is 0 Å². The molecule has 3 heteroatoms. The van der Waals surface area contributed by atoms with Gasteiger partial charge >= 0.3 is 0 Å². The summed E-state index contributed by atoms with van der Waals surface area (Å²) in [6, 6.07) is 28.9. The Morgan fingerprint density at radius 3 is 1.63 bits per heavy atom. The van der Waals surface area contributed by atoms with Crippen LogP contribution in [-0.4, -0.2) is 15.0 Å². The van der Waals surface area contributed by atoms with Crippen LogP contribution in [0, 0.1) is 13.8 Å². The summed E-state index contributed by atoms with van der Waals surface area (Å²) in [5, 5.41) is 0. The number of fused-ring (bicyclic) bond motifs is 1. The zero-order valence-corrected chi connectivity index (χ0v) is 17.0. The first kappa shape index (κ1) is 18.2. The topological polar surface area (TPSA) is 38.7 Å². The summed E-state index contributed by atoms with van der Waals surface area (Å²) in [4.78, 5) is 14.5. The standard InChI is InChI=1S/C27H21N3/c1-18-16-24-25(17-19(18)2)30-27(26(29-24)21-8-4-3-5-9-21)22-13-11-20(12-14-22)23-10-6-7-15-28-23/h3-17H,1-2H3. The zero-order valence-electron chi connectivity index (χ0n) is 17.0. The van der Waals surface area contributed by atoms with Crippen molar-refractivity contribution in [3.63, 3.8) is 0 Å². The van der Waals surface area contributed by atoms with Crippen molar-refractivity contribution in [1.29, 1.82) is 0 Å². The highest BCUT2D eigenvalue weighted by Gasteiger charge is 2.14. The van der Waals surface area contributed by atoms with Crippen molar-refractivity contribution in [1.82, 2.24) is 15.0 Å². The molecule has 0 N–H and O–H groups in total. The Labute approximate surface area is 176 Å². The Hall–Kier alpha value is -3.85. The molecule has 3 nitrogen and oxygen atoms in total. The van der Waals surface area contributed by atoms with E-state index in [0.717, 1.165) is 44.8 Å². The van der Waals surface area contributed by atoms with E-state index in [1.807, 2.05) is 42.6 Å². The van der Waals surface area contributed by atoms with Gasteiger partial charge in [-0.05, 0) is 49.2 Å². The van der Waals surface area contributed by atoms with E-state index in [2.05, 4.69) is 67.4 Å². The van der Waals surface area contributed by atoms with Crippen LogP contribution < -0.4 is 0 Å². The van der Waals surface area contributed by atoms with Crippen molar-refractivity contribution in [2.75, 3.05) is 0 Å². The van der Waals surface area contributed by atoms with Gasteiger partial charge in [-0.25, -0.2) is 9.97 Å². The van der Waals surface area contributed by atoms with Gasteiger partial charge in [0.05, 0.1) is 28.1 Å². The van der Waals surface area contributed by atoms with Crippen LogP contribution >= 0.6 is 0 Å². The lowest BCUT2D eigenvalue weighted by atomic mass is 10.0. The van der Waals surface area contributed by atoms with E-state index < -0.39 is 0 Å². The maximum absolute atomic E-state index is 5.05. The van der Waals surface area contributed by atoms with Crippen LogP contribution in [0.15, 0.2) is 91.1 Å². The lowest BCUT2D eigenvalue weighted by Gasteiger charge is -2.12. The van der Waals surface area contributed by atoms with Crippen LogP contribution in [0.2, 0.25) is 0 Å². The molecule has 3 aromatic carbocycles. The summed E-state index contributed by atoms with van der Waals surface area (Å²) < 4.78 is 0. The van der Waals surface area contributed by atoms with Crippen LogP contribution in [0.1, 0.15) is 11.1 Å². The van der Waals surface area contributed by atoms with Crippen molar-refractivity contribution in [3.05, 3.63) is 102 Å². The molecule has 0 unspecified atom stereocenters. The molecule has 5 aromatic rings. The highest BCUT2D eigenvalue weighted by molar-refractivity contribution is 5.87. The summed E-state index contributed by atoms with van der Waals surface area (Å²) in [7, 11) is 0. The second kappa shape index (κ2) is 7.53. The molecule has 0 atom stereocenters. The van der Waals surface area contributed by atoms with Crippen molar-refractivity contribution in [3.8, 4) is 33.8 Å². The highest BCUT2D eigenvalue weighted by Crippen LogP contribution is 2.32. The lowest BCUT2D eigenvalue weighted by Crippen LogP contribution is -1.97. The average Bonchev–Trinajstić information content (AvgIpc) is 2.80. The Bertz CT molecular complexity index is 1330. The van der Waals surface area contributed by atoms with Gasteiger partial charge < -0.3 is 0 Å². The minimum Gasteiger partial charge on any atom is -0.256 e. The van der Waals surface area contributed by atoms with Gasteiger partial charge in [0.1, 0.15) is 0 Å². The first-order chi connectivity index (χ1) is 14.7. The number of benzene rings is 3. The molecule has 0 fully saturated rings. The van der Waals surface area contributed by atoms with Gasteiger partial charge in [0.25, 0.3) is 0 Å². The van der Waals surface area contributed by atoms with E-state index in [9.17, 15) is 0 Å². The Morgan fingerprint density at radius 2 is 1.07 bits per heavy atom. The number of aromatic nitrogens is 3. The van der Waals surface area contributed by atoms with Crippen LogP contribution in [-0.2, 0) is 0 Å². The van der Waals surface area contributed by atoms with Gasteiger partial charge in [0.15, 0.2) is 0 Å². The van der Waals surface area contributed by atoms with Crippen molar-refractivity contribution >= 4 is 11.0 Å². The predicted octanol–water partition coefficient (Wildman–Crippen LogP) is 6.64. The zero-order chi connectivity index (χ0) is 20.5. The van der Waals surface area contributed by atoms with E-state index in [-0.39, 0.29) is 0 Å². The number of nitrogens with zero attached hydrogens (tertiary/aromatic N) is 3. The summed E-state index contributed by atoms with van der Waals surface area (Å²) >= 11 is 0. The number of rotatable bonds is 3. The first-order valence-electron chi connectivity index (χ1n) is 10.1. The molecule has 30 heavy (non-hydrogen) atoms. The van der Waals surface area contributed by atoms with E-state index in [0.29, 0.717) is 0 Å². The first-order valence-corrected chi connectivity index (χ1v) is 10.1. The second-order valence-corrected chi connectivity index (χ2v) is 7.50. The van der Waals surface area contributed by atoms with Gasteiger partial charge in [0, 0.05) is 22.9 Å². The Balaban J connectivity index is 1.69. The lowest BCUT2D eigenvalue weighted by molar-refractivity contribution is 1.26. The van der Waals surface area contributed by atoms with Gasteiger partial charge in [-0.15, -0.1) is 0 Å². The number of pyridine rings is 1. The fourth-order valence-electron chi connectivity index (χ4n) is 3.64. The van der Waals surface area contributed by atoms with Gasteiger partial charge in [0.2, 0.25) is 0 Å². The molecule has 0 saturated carbocycles. The van der Waals surface area contributed by atoms with E-state index in [1.165, 1.54) is 11.1 Å². The number of aryl methyl sites for hydroxylation is 2. The normalized spacial score (nSPS) is 11.0. The number of hydrogen-bond donors (Lipinski definition) is 0. The van der Waals surface area contributed by atoms with Crippen LogP contribution in [0.3, 0.4) is 0 Å². The summed E-state index contributed by atoms with van der Waals surface area (Å²) in [5.41, 5.74) is 10.2. The monoisotopic (exact) mass is 387 g/mol. The molecule has 144 valence electrons. The highest BCUT2D eigenvalue weighted by atomic mass is 14.8. The molecule has 0 aliphatic heterocycles. The van der Waals surface area contributed by atoms with Crippen LogP contribution in [0.25, 0.3) is 44.8 Å². The minimum atomic E-state index is 0.893. The van der Waals surface area contributed by atoms with Gasteiger partial charge in [-0.1, -0.05) is 60.7 Å².